The molecule has 0 spiro atoms. The molecule has 0 unspecified atom stereocenters. The summed E-state index contributed by atoms with van der Waals surface area (Å²) in [6.45, 7) is 2.13. The van der Waals surface area contributed by atoms with Crippen molar-refractivity contribution in [2.24, 2.45) is 0 Å². The maximum Gasteiger partial charge on any atom is 0.294 e. The van der Waals surface area contributed by atoms with Crippen LogP contribution in [0.1, 0.15) is 38.2 Å². The third-order valence-corrected chi connectivity index (χ3v) is 3.50. The van der Waals surface area contributed by atoms with Crippen LogP contribution in [0.4, 0.5) is 0 Å². The minimum atomic E-state index is -4.08. The third-order valence-electron chi connectivity index (χ3n) is 2.55. The molecule has 3 nitrogen and oxygen atoms in total. The van der Waals surface area contributed by atoms with Crippen molar-refractivity contribution in [1.29, 1.82) is 0 Å². The van der Waals surface area contributed by atoms with E-state index >= 15 is 0 Å². The van der Waals surface area contributed by atoms with Gasteiger partial charge in [-0.1, -0.05) is 44.4 Å². The number of rotatable bonds is 6. The summed E-state index contributed by atoms with van der Waals surface area (Å²) in [4.78, 5) is 0.0477. The smallest absolute Gasteiger partial charge is 0.282 e. The van der Waals surface area contributed by atoms with Gasteiger partial charge in [0.15, 0.2) is 0 Å². The summed E-state index contributed by atoms with van der Waals surface area (Å²) >= 11 is 0. The van der Waals surface area contributed by atoms with Crippen molar-refractivity contribution in [3.63, 3.8) is 0 Å². The van der Waals surface area contributed by atoms with Gasteiger partial charge in [0.05, 0.1) is 4.90 Å². The predicted octanol–water partition coefficient (Wildman–Crippen LogP) is 2.68. The molecule has 5 heteroatoms. The zero-order chi connectivity index (χ0) is 12.0. The van der Waals surface area contributed by atoms with E-state index in [1.807, 2.05) is 0 Å². The van der Waals surface area contributed by atoms with Crippen LogP contribution in [0, 0.1) is 0 Å². The zero-order valence-corrected chi connectivity index (χ0v) is 11.3. The summed E-state index contributed by atoms with van der Waals surface area (Å²) in [6, 6.07) is 6.63. The van der Waals surface area contributed by atoms with E-state index in [1.54, 1.807) is 18.2 Å². The number of hydrogen-bond donors (Lipinski definition) is 1. The summed E-state index contributed by atoms with van der Waals surface area (Å²) in [5.41, 5.74) is 0.709. The Hall–Kier alpha value is -0.273. The number of hydrogen-bond acceptors (Lipinski definition) is 2. The van der Waals surface area contributed by atoms with Crippen molar-refractivity contribution in [2.75, 3.05) is 0 Å². The molecule has 0 fully saturated rings. The molecule has 1 radical (unpaired) electrons. The molecule has 1 N–H and O–H groups in total. The first-order valence-electron chi connectivity index (χ1n) is 5.61. The van der Waals surface area contributed by atoms with Gasteiger partial charge in [-0.05, 0) is 24.5 Å². The Balaban J connectivity index is 0.00000256. The Labute approximate surface area is 116 Å². The van der Waals surface area contributed by atoms with Crippen molar-refractivity contribution in [3.05, 3.63) is 29.8 Å². The Kier molecular flexibility index (Phi) is 7.81. The topological polar surface area (TPSA) is 54.4 Å². The fourth-order valence-corrected chi connectivity index (χ4v) is 2.46. The van der Waals surface area contributed by atoms with Crippen molar-refractivity contribution in [1.82, 2.24) is 0 Å². The van der Waals surface area contributed by atoms with E-state index in [2.05, 4.69) is 6.92 Å². The minimum absolute atomic E-state index is 0. The van der Waals surface area contributed by atoms with E-state index in [9.17, 15) is 8.42 Å². The molecule has 91 valence electrons. The normalized spacial score (nSPS) is 10.9. The van der Waals surface area contributed by atoms with Crippen LogP contribution < -0.4 is 0 Å². The van der Waals surface area contributed by atoms with Crippen LogP contribution in [0.5, 0.6) is 0 Å². The maximum atomic E-state index is 11.1. The van der Waals surface area contributed by atoms with Crippen LogP contribution in [-0.2, 0) is 16.5 Å². The van der Waals surface area contributed by atoms with Crippen LogP contribution in [-0.4, -0.2) is 31.8 Å². The van der Waals surface area contributed by atoms with E-state index in [1.165, 1.54) is 6.07 Å². The van der Waals surface area contributed by atoms with E-state index in [0.29, 0.717) is 12.0 Å². The average molecular weight is 249 g/mol. The second-order valence-electron chi connectivity index (χ2n) is 3.89. The molecule has 0 heterocycles. The molecular formula is C12H18LiO3S. The third kappa shape index (κ3) is 5.74. The molecule has 1 aromatic carbocycles. The zero-order valence-electron chi connectivity index (χ0n) is 10.5. The van der Waals surface area contributed by atoms with Gasteiger partial charge in [0.25, 0.3) is 10.1 Å². The van der Waals surface area contributed by atoms with Crippen molar-refractivity contribution >= 4 is 29.0 Å². The van der Waals surface area contributed by atoms with Gasteiger partial charge < -0.3 is 0 Å². The van der Waals surface area contributed by atoms with Crippen LogP contribution in [0.3, 0.4) is 0 Å². The first-order valence-corrected chi connectivity index (χ1v) is 7.05. The molecular weight excluding hydrogens is 231 g/mol. The van der Waals surface area contributed by atoms with Crippen molar-refractivity contribution < 1.29 is 13.0 Å². The predicted molar refractivity (Wildman–Crippen MR) is 69.9 cm³/mol. The Bertz CT molecular complexity index is 429. The molecule has 1 aromatic rings. The largest absolute Gasteiger partial charge is 0.294 e. The van der Waals surface area contributed by atoms with Crippen molar-refractivity contribution in [3.8, 4) is 0 Å². The molecule has 0 saturated carbocycles. The molecule has 0 aliphatic carbocycles. The van der Waals surface area contributed by atoms with Crippen LogP contribution >= 0.6 is 0 Å². The first kappa shape index (κ1) is 16.7. The average Bonchev–Trinajstić information content (AvgIpc) is 2.24. The SMILES string of the molecule is CCCCCCc1ccccc1S(=O)(=O)O.[Li]. The molecule has 0 bridgehead atoms. The maximum absolute atomic E-state index is 11.1. The van der Waals surface area contributed by atoms with E-state index in [4.69, 9.17) is 4.55 Å². The number of aryl methyl sites for hydroxylation is 1. The van der Waals surface area contributed by atoms with Crippen LogP contribution in [0.15, 0.2) is 29.2 Å². The molecule has 0 amide bonds. The summed E-state index contributed by atoms with van der Waals surface area (Å²) < 4.78 is 31.2. The summed E-state index contributed by atoms with van der Waals surface area (Å²) in [6.07, 6.45) is 5.07. The van der Waals surface area contributed by atoms with Gasteiger partial charge in [0, 0.05) is 18.9 Å². The van der Waals surface area contributed by atoms with Gasteiger partial charge in [-0.25, -0.2) is 0 Å². The van der Waals surface area contributed by atoms with Gasteiger partial charge in [0.1, 0.15) is 0 Å². The molecule has 0 atom stereocenters. The standard InChI is InChI=1S/C12H18O3S.Li/c1-2-3-4-5-8-11-9-6-7-10-12(11)16(13,14)15;/h6-7,9-10H,2-5,8H2,1H3,(H,13,14,15);. The Morgan fingerprint density at radius 2 is 1.76 bits per heavy atom. The van der Waals surface area contributed by atoms with Gasteiger partial charge in [-0.2, -0.15) is 8.42 Å². The summed E-state index contributed by atoms with van der Waals surface area (Å²) in [7, 11) is -4.08. The Morgan fingerprint density at radius 3 is 2.35 bits per heavy atom. The van der Waals surface area contributed by atoms with Gasteiger partial charge in [-0.15, -0.1) is 0 Å². The molecule has 0 aliphatic rings. The molecule has 0 saturated heterocycles. The fourth-order valence-electron chi connectivity index (χ4n) is 1.70. The summed E-state index contributed by atoms with van der Waals surface area (Å²) in [5.74, 6) is 0. The quantitative estimate of drug-likeness (QED) is 0.479. The van der Waals surface area contributed by atoms with Crippen LogP contribution in [0.2, 0.25) is 0 Å². The monoisotopic (exact) mass is 249 g/mol. The van der Waals surface area contributed by atoms with E-state index < -0.39 is 10.1 Å². The first-order chi connectivity index (χ1) is 7.55. The van der Waals surface area contributed by atoms with E-state index in [0.717, 1.165) is 25.7 Å². The second kappa shape index (κ2) is 7.94. The van der Waals surface area contributed by atoms with Gasteiger partial charge in [-0.3, -0.25) is 4.55 Å². The molecule has 0 aliphatic heterocycles. The van der Waals surface area contributed by atoms with Gasteiger partial charge >= 0.3 is 0 Å². The molecule has 1 rings (SSSR count). The minimum Gasteiger partial charge on any atom is -0.282 e. The number of benzene rings is 1. The van der Waals surface area contributed by atoms with Crippen LogP contribution in [0.25, 0.3) is 0 Å². The number of unbranched alkanes of at least 4 members (excludes halogenated alkanes) is 3. The second-order valence-corrected chi connectivity index (χ2v) is 5.28. The Morgan fingerprint density at radius 1 is 1.12 bits per heavy atom. The van der Waals surface area contributed by atoms with E-state index in [-0.39, 0.29) is 23.8 Å². The summed E-state index contributed by atoms with van der Waals surface area (Å²) in [5, 5.41) is 0. The van der Waals surface area contributed by atoms with Crippen molar-refractivity contribution in [2.45, 2.75) is 43.9 Å². The fraction of sp³-hybridized carbons (Fsp3) is 0.500. The molecule has 0 aromatic heterocycles. The molecule has 17 heavy (non-hydrogen) atoms. The van der Waals surface area contributed by atoms with Gasteiger partial charge in [0.2, 0.25) is 0 Å².